The van der Waals surface area contributed by atoms with E-state index >= 15 is 0 Å². The zero-order chi connectivity index (χ0) is 32.9. The lowest BCUT2D eigenvalue weighted by Gasteiger charge is -2.17. The van der Waals surface area contributed by atoms with Crippen LogP contribution in [0.3, 0.4) is 0 Å². The van der Waals surface area contributed by atoms with Crippen molar-refractivity contribution in [3.8, 4) is 12.3 Å². The Balaban J connectivity index is 0. The maximum Gasteiger partial charge on any atom is 0.305 e. The molecule has 1 heterocycles. The number of alkyl halides is 3. The average molecular weight is 626 g/mol. The molecule has 1 aromatic heterocycles. The van der Waals surface area contributed by atoms with Crippen LogP contribution in [0.25, 0.3) is 0 Å². The third-order valence-corrected chi connectivity index (χ3v) is 6.92. The van der Waals surface area contributed by atoms with Crippen LogP contribution in [0.1, 0.15) is 106 Å². The second-order valence-corrected chi connectivity index (χ2v) is 10.5. The Morgan fingerprint density at radius 2 is 1.88 bits per heavy atom. The number of hydrogen-bond donors (Lipinski definition) is 2. The number of amides is 1. The van der Waals surface area contributed by atoms with Gasteiger partial charge in [0, 0.05) is 30.2 Å². The SMILES string of the molecule is C#CC/C=C/C/C(C)=C\C(=C/CC)OCC(CCCCC)c1ccc(C(=O)NCCC(=O)O)s1.C/C=C\CC(F)F.CF. The van der Waals surface area contributed by atoms with Gasteiger partial charge in [-0.3, -0.25) is 14.0 Å². The average Bonchev–Trinajstić information content (AvgIpc) is 3.47. The van der Waals surface area contributed by atoms with Crippen molar-refractivity contribution in [1.29, 1.82) is 0 Å². The predicted molar refractivity (Wildman–Crippen MR) is 174 cm³/mol. The molecule has 1 aromatic rings. The first kappa shape index (κ1) is 41.9. The molecule has 1 amide bonds. The molecule has 0 aliphatic heterocycles. The number of ether oxygens (including phenoxy) is 1. The summed E-state index contributed by atoms with van der Waals surface area (Å²) in [5.74, 6) is 2.52. The molecule has 43 heavy (non-hydrogen) atoms. The molecule has 0 aromatic carbocycles. The smallest absolute Gasteiger partial charge is 0.305 e. The summed E-state index contributed by atoms with van der Waals surface area (Å²) in [5, 5.41) is 11.4. The summed E-state index contributed by atoms with van der Waals surface area (Å²) in [6.07, 6.45) is 21.0. The fourth-order valence-corrected chi connectivity index (χ4v) is 4.58. The van der Waals surface area contributed by atoms with Crippen LogP contribution < -0.4 is 5.32 Å². The minimum Gasteiger partial charge on any atom is -0.493 e. The number of nitrogens with one attached hydrogen (secondary N) is 1. The van der Waals surface area contributed by atoms with E-state index < -0.39 is 12.4 Å². The molecule has 0 aliphatic rings. The Bertz CT molecular complexity index is 1040. The molecule has 0 fully saturated rings. The highest BCUT2D eigenvalue weighted by molar-refractivity contribution is 7.14. The second-order valence-electron chi connectivity index (χ2n) is 9.39. The second kappa shape index (κ2) is 28.9. The van der Waals surface area contributed by atoms with Gasteiger partial charge < -0.3 is 15.2 Å². The first-order chi connectivity index (χ1) is 20.7. The van der Waals surface area contributed by atoms with E-state index in [0.29, 0.717) is 25.1 Å². The molecule has 242 valence electrons. The summed E-state index contributed by atoms with van der Waals surface area (Å²) >= 11 is 1.46. The monoisotopic (exact) mass is 625 g/mol. The molecular formula is C34H50F3NO4S. The highest BCUT2D eigenvalue weighted by Gasteiger charge is 2.18. The Kier molecular flexibility index (Phi) is 28.1. The van der Waals surface area contributed by atoms with Gasteiger partial charge in [0.1, 0.15) is 5.76 Å². The third kappa shape index (κ3) is 23.9. The minimum absolute atomic E-state index is 0.0867. The quantitative estimate of drug-likeness (QED) is 0.0528. The van der Waals surface area contributed by atoms with Gasteiger partial charge in [0.15, 0.2) is 0 Å². The number of unbranched alkanes of at least 4 members (excludes halogenated alkanes) is 2. The molecule has 0 saturated carbocycles. The molecule has 2 N–H and O–H groups in total. The number of carboxylic acids is 1. The number of hydrogen-bond acceptors (Lipinski definition) is 4. The van der Waals surface area contributed by atoms with E-state index in [-0.39, 0.29) is 31.2 Å². The Hall–Kier alpha value is -3.25. The summed E-state index contributed by atoms with van der Waals surface area (Å²) in [4.78, 5) is 24.8. The molecule has 5 nitrogen and oxygen atoms in total. The summed E-state index contributed by atoms with van der Waals surface area (Å²) < 4.78 is 38.1. The number of terminal acetylenes is 1. The number of carboxylic acid groups (broad SMARTS) is 1. The van der Waals surface area contributed by atoms with Crippen LogP contribution in [0, 0.1) is 12.3 Å². The van der Waals surface area contributed by atoms with Gasteiger partial charge in [-0.05, 0) is 57.4 Å². The molecule has 0 aliphatic carbocycles. The van der Waals surface area contributed by atoms with Crippen molar-refractivity contribution in [2.45, 2.75) is 97.8 Å². The Morgan fingerprint density at radius 1 is 1.16 bits per heavy atom. The highest BCUT2D eigenvalue weighted by Crippen LogP contribution is 2.30. The molecule has 9 heteroatoms. The normalized spacial score (nSPS) is 12.3. The number of allylic oxidation sites excluding steroid dienone is 7. The van der Waals surface area contributed by atoms with Crippen molar-refractivity contribution in [2.24, 2.45) is 0 Å². The van der Waals surface area contributed by atoms with Gasteiger partial charge in [0.2, 0.25) is 6.43 Å². The number of rotatable bonds is 19. The van der Waals surface area contributed by atoms with Crippen molar-refractivity contribution >= 4 is 23.2 Å². The molecule has 0 bridgehead atoms. The lowest BCUT2D eigenvalue weighted by Crippen LogP contribution is -2.25. The van der Waals surface area contributed by atoms with Crippen LogP contribution in [-0.4, -0.2) is 43.7 Å². The zero-order valence-electron chi connectivity index (χ0n) is 26.3. The molecular weight excluding hydrogens is 575 g/mol. The third-order valence-electron chi connectivity index (χ3n) is 5.67. The standard InChI is InChI=1S/C28H39NO4S.C5H8F2.CH3F/c1-5-8-10-12-14-22(4)20-24(13-7-3)33-21-23(15-11-9-6-2)25-16-17-26(34-25)28(32)29-19-18-27(30)31;1-2-3-4-5(6)7;1-2/h1,10,12-13,16-17,20,23H,6-9,11,14-15,18-19,21H2,2-4H3,(H,29,32)(H,30,31);2-3,5H,4H2,1H3;1H3/b12-10+,22-20-,24-13+;3-2-;. The molecule has 0 spiro atoms. The molecule has 1 atom stereocenters. The number of thiophene rings is 1. The van der Waals surface area contributed by atoms with E-state index in [1.165, 1.54) is 23.0 Å². The Labute approximate surface area is 261 Å². The van der Waals surface area contributed by atoms with Crippen molar-refractivity contribution in [3.63, 3.8) is 0 Å². The number of carbonyl (C=O) groups excluding carboxylic acids is 1. The lowest BCUT2D eigenvalue weighted by atomic mass is 10.0. The largest absolute Gasteiger partial charge is 0.493 e. The van der Waals surface area contributed by atoms with Crippen LogP contribution in [0.2, 0.25) is 0 Å². The first-order valence-electron chi connectivity index (χ1n) is 14.6. The number of halogens is 3. The maximum atomic E-state index is 12.4. The lowest BCUT2D eigenvalue weighted by molar-refractivity contribution is -0.136. The van der Waals surface area contributed by atoms with Gasteiger partial charge in [-0.15, -0.1) is 23.7 Å². The van der Waals surface area contributed by atoms with Gasteiger partial charge >= 0.3 is 5.97 Å². The van der Waals surface area contributed by atoms with E-state index in [9.17, 15) is 22.8 Å². The van der Waals surface area contributed by atoms with Gasteiger partial charge in [-0.2, -0.15) is 0 Å². The number of aliphatic carboxylic acids is 1. The predicted octanol–water partition coefficient (Wildman–Crippen LogP) is 9.65. The van der Waals surface area contributed by atoms with E-state index in [2.05, 4.69) is 50.2 Å². The fourth-order valence-electron chi connectivity index (χ4n) is 3.53. The van der Waals surface area contributed by atoms with E-state index in [1.807, 2.05) is 18.2 Å². The van der Waals surface area contributed by atoms with E-state index in [4.69, 9.17) is 16.3 Å². The van der Waals surface area contributed by atoms with Crippen molar-refractivity contribution < 1.29 is 32.6 Å². The molecule has 0 radical (unpaired) electrons. The van der Waals surface area contributed by atoms with Crippen LogP contribution >= 0.6 is 11.3 Å². The van der Waals surface area contributed by atoms with Gasteiger partial charge in [-0.1, -0.05) is 63.0 Å². The van der Waals surface area contributed by atoms with Crippen molar-refractivity contribution in [3.05, 3.63) is 69.7 Å². The summed E-state index contributed by atoms with van der Waals surface area (Å²) in [5.41, 5.74) is 1.20. The molecule has 0 saturated heterocycles. The topological polar surface area (TPSA) is 75.6 Å². The Morgan fingerprint density at radius 3 is 2.44 bits per heavy atom. The molecule has 1 unspecified atom stereocenters. The van der Waals surface area contributed by atoms with Crippen LogP contribution in [0.5, 0.6) is 0 Å². The van der Waals surface area contributed by atoms with Crippen molar-refractivity contribution in [1.82, 2.24) is 5.32 Å². The van der Waals surface area contributed by atoms with Crippen LogP contribution in [0.15, 0.2) is 59.9 Å². The molecule has 1 rings (SSSR count). The van der Waals surface area contributed by atoms with Crippen LogP contribution in [-0.2, 0) is 9.53 Å². The van der Waals surface area contributed by atoms with Crippen molar-refractivity contribution in [2.75, 3.05) is 20.3 Å². The fraction of sp³-hybridized carbons (Fsp3) is 0.529. The zero-order valence-corrected chi connectivity index (χ0v) is 27.2. The van der Waals surface area contributed by atoms with E-state index in [1.54, 1.807) is 13.0 Å². The van der Waals surface area contributed by atoms with E-state index in [0.717, 1.165) is 49.2 Å². The summed E-state index contributed by atoms with van der Waals surface area (Å²) in [6, 6.07) is 3.82. The highest BCUT2D eigenvalue weighted by atomic mass is 32.1. The summed E-state index contributed by atoms with van der Waals surface area (Å²) in [7, 11) is 0.500. The van der Waals surface area contributed by atoms with Gasteiger partial charge in [0.05, 0.1) is 25.1 Å². The number of carbonyl (C=O) groups is 2. The van der Waals surface area contributed by atoms with Gasteiger partial charge in [0.25, 0.3) is 5.91 Å². The first-order valence-corrected chi connectivity index (χ1v) is 15.4. The minimum atomic E-state index is -2.18. The summed E-state index contributed by atoms with van der Waals surface area (Å²) in [6.45, 7) is 8.76. The maximum absolute atomic E-state index is 12.4. The van der Waals surface area contributed by atoms with Gasteiger partial charge in [-0.25, -0.2) is 8.78 Å². The van der Waals surface area contributed by atoms with Crippen LogP contribution in [0.4, 0.5) is 13.2 Å².